The highest BCUT2D eigenvalue weighted by Crippen LogP contribution is 2.18. The van der Waals surface area contributed by atoms with Crippen LogP contribution in [0.3, 0.4) is 0 Å². The third kappa shape index (κ3) is 3.80. The average Bonchev–Trinajstić information content (AvgIpc) is 2.48. The average molecular weight is 305 g/mol. The fourth-order valence-corrected chi connectivity index (χ4v) is 3.56. The Morgan fingerprint density at radius 3 is 2.67 bits per heavy atom. The highest BCUT2D eigenvalue weighted by Gasteiger charge is 2.24. The minimum absolute atomic E-state index is 0.211. The van der Waals surface area contributed by atoms with Crippen molar-refractivity contribution < 1.29 is 8.42 Å². The maximum atomic E-state index is 12.7. The van der Waals surface area contributed by atoms with Crippen molar-refractivity contribution in [3.05, 3.63) is 54.4 Å². The number of nitrogen functional groups attached to an aromatic ring is 1. The van der Waals surface area contributed by atoms with Crippen molar-refractivity contribution in [3.63, 3.8) is 0 Å². The summed E-state index contributed by atoms with van der Waals surface area (Å²) in [5.74, 6) is 0. The van der Waals surface area contributed by atoms with Crippen LogP contribution in [0, 0.1) is 0 Å². The number of hydrogen-bond donors (Lipinski definition) is 1. The number of nitrogens with zero attached hydrogens (tertiary/aromatic N) is 2. The lowest BCUT2D eigenvalue weighted by atomic mass is 10.2. The second kappa shape index (κ2) is 6.69. The molecule has 1 aromatic heterocycles. The van der Waals surface area contributed by atoms with Crippen LogP contribution in [0.2, 0.25) is 0 Å². The van der Waals surface area contributed by atoms with E-state index in [0.717, 1.165) is 12.0 Å². The molecule has 21 heavy (non-hydrogen) atoms. The molecule has 1 heterocycles. The largest absolute Gasteiger partial charge is 0.399 e. The summed E-state index contributed by atoms with van der Waals surface area (Å²) in [5, 5.41) is 0. The van der Waals surface area contributed by atoms with Gasteiger partial charge in [-0.15, -0.1) is 0 Å². The van der Waals surface area contributed by atoms with Crippen LogP contribution in [0.4, 0.5) is 5.69 Å². The van der Waals surface area contributed by atoms with Crippen molar-refractivity contribution >= 4 is 15.7 Å². The highest BCUT2D eigenvalue weighted by atomic mass is 32.2. The molecule has 2 N–H and O–H groups in total. The number of nitrogens with two attached hydrogens (primary N) is 1. The standard InChI is InChI=1S/C15H19N3O2S/c1-2-9-18(12-13-5-3-6-14(16)10-13)21(19,20)15-7-4-8-17-11-15/h3-8,10-11H,2,9,12,16H2,1H3. The summed E-state index contributed by atoms with van der Waals surface area (Å²) in [6.07, 6.45) is 3.67. The lowest BCUT2D eigenvalue weighted by Crippen LogP contribution is -2.31. The van der Waals surface area contributed by atoms with Gasteiger partial charge in [-0.25, -0.2) is 8.42 Å². The summed E-state index contributed by atoms with van der Waals surface area (Å²) in [6.45, 7) is 2.70. The van der Waals surface area contributed by atoms with Gasteiger partial charge in [0, 0.05) is 31.2 Å². The lowest BCUT2D eigenvalue weighted by molar-refractivity contribution is 0.405. The molecule has 0 amide bonds. The maximum absolute atomic E-state index is 12.7. The van der Waals surface area contributed by atoms with Crippen LogP contribution in [0.1, 0.15) is 18.9 Å². The predicted octanol–water partition coefficient (Wildman–Crippen LogP) is 2.26. The molecule has 0 aliphatic heterocycles. The second-order valence-electron chi connectivity index (χ2n) is 4.77. The molecule has 0 saturated heterocycles. The number of aromatic nitrogens is 1. The molecule has 0 unspecified atom stereocenters. The monoisotopic (exact) mass is 305 g/mol. The van der Waals surface area contributed by atoms with Gasteiger partial charge in [-0.05, 0) is 36.2 Å². The Morgan fingerprint density at radius 2 is 2.05 bits per heavy atom. The number of hydrogen-bond acceptors (Lipinski definition) is 4. The van der Waals surface area contributed by atoms with Crippen molar-refractivity contribution in [2.45, 2.75) is 24.8 Å². The first-order chi connectivity index (χ1) is 10.0. The van der Waals surface area contributed by atoms with Gasteiger partial charge in [0.2, 0.25) is 10.0 Å². The van der Waals surface area contributed by atoms with E-state index in [1.54, 1.807) is 30.5 Å². The molecular formula is C15H19N3O2S. The van der Waals surface area contributed by atoms with E-state index in [1.165, 1.54) is 10.5 Å². The van der Waals surface area contributed by atoms with Gasteiger partial charge >= 0.3 is 0 Å². The van der Waals surface area contributed by atoms with Crippen molar-refractivity contribution in [1.82, 2.24) is 9.29 Å². The summed E-state index contributed by atoms with van der Waals surface area (Å²) in [5.41, 5.74) is 7.25. The van der Waals surface area contributed by atoms with Crippen molar-refractivity contribution in [2.24, 2.45) is 0 Å². The Kier molecular flexibility index (Phi) is 4.93. The van der Waals surface area contributed by atoms with E-state index >= 15 is 0 Å². The van der Waals surface area contributed by atoms with E-state index in [0.29, 0.717) is 18.8 Å². The minimum atomic E-state index is -3.54. The molecule has 0 aliphatic carbocycles. The second-order valence-corrected chi connectivity index (χ2v) is 6.71. The van der Waals surface area contributed by atoms with Crippen molar-refractivity contribution in [2.75, 3.05) is 12.3 Å². The first kappa shape index (κ1) is 15.5. The summed E-state index contributed by atoms with van der Waals surface area (Å²) < 4.78 is 26.8. The number of sulfonamides is 1. The lowest BCUT2D eigenvalue weighted by Gasteiger charge is -2.21. The molecule has 0 radical (unpaired) electrons. The van der Waals surface area contributed by atoms with Gasteiger partial charge in [-0.1, -0.05) is 19.1 Å². The third-order valence-corrected chi connectivity index (χ3v) is 4.88. The third-order valence-electron chi connectivity index (χ3n) is 3.06. The van der Waals surface area contributed by atoms with Gasteiger partial charge in [0.05, 0.1) is 0 Å². The van der Waals surface area contributed by atoms with Gasteiger partial charge in [-0.2, -0.15) is 4.31 Å². The molecule has 1 aromatic carbocycles. The van der Waals surface area contributed by atoms with E-state index in [1.807, 2.05) is 19.1 Å². The van der Waals surface area contributed by atoms with Crippen LogP contribution in [-0.4, -0.2) is 24.3 Å². The quantitative estimate of drug-likeness (QED) is 0.831. The molecule has 5 nitrogen and oxygen atoms in total. The molecule has 0 bridgehead atoms. The zero-order chi connectivity index (χ0) is 15.3. The summed E-state index contributed by atoms with van der Waals surface area (Å²) >= 11 is 0. The summed E-state index contributed by atoms with van der Waals surface area (Å²) in [6, 6.07) is 10.5. The molecule has 0 saturated carbocycles. The van der Waals surface area contributed by atoms with Crippen molar-refractivity contribution in [3.8, 4) is 0 Å². The van der Waals surface area contributed by atoms with Crippen molar-refractivity contribution in [1.29, 1.82) is 0 Å². The maximum Gasteiger partial charge on any atom is 0.244 e. The SMILES string of the molecule is CCCN(Cc1cccc(N)c1)S(=O)(=O)c1cccnc1. The first-order valence-corrected chi connectivity index (χ1v) is 8.22. The van der Waals surface area contributed by atoms with Crippen LogP contribution < -0.4 is 5.73 Å². The molecule has 0 spiro atoms. The number of benzene rings is 1. The van der Waals surface area contributed by atoms with Crippen LogP contribution in [0.5, 0.6) is 0 Å². The number of anilines is 1. The molecule has 0 aliphatic rings. The van der Waals surface area contributed by atoms with Gasteiger partial charge in [0.15, 0.2) is 0 Å². The first-order valence-electron chi connectivity index (χ1n) is 6.78. The highest BCUT2D eigenvalue weighted by molar-refractivity contribution is 7.89. The fourth-order valence-electron chi connectivity index (χ4n) is 2.08. The van der Waals surface area contributed by atoms with Gasteiger partial charge < -0.3 is 5.73 Å². The predicted molar refractivity (Wildman–Crippen MR) is 83.0 cm³/mol. The van der Waals surface area contributed by atoms with E-state index in [-0.39, 0.29) is 4.90 Å². The number of rotatable bonds is 6. The normalized spacial score (nSPS) is 11.7. The van der Waals surface area contributed by atoms with Gasteiger partial charge in [0.25, 0.3) is 0 Å². The zero-order valence-electron chi connectivity index (χ0n) is 11.9. The van der Waals surface area contributed by atoms with Crippen LogP contribution in [0.15, 0.2) is 53.7 Å². The molecule has 2 rings (SSSR count). The molecule has 0 atom stereocenters. The van der Waals surface area contributed by atoms with E-state index < -0.39 is 10.0 Å². The summed E-state index contributed by atoms with van der Waals surface area (Å²) in [4.78, 5) is 4.10. The zero-order valence-corrected chi connectivity index (χ0v) is 12.8. The Hall–Kier alpha value is -1.92. The fraction of sp³-hybridized carbons (Fsp3) is 0.267. The van der Waals surface area contributed by atoms with E-state index in [4.69, 9.17) is 5.73 Å². The topological polar surface area (TPSA) is 76.3 Å². The number of pyridine rings is 1. The molecule has 112 valence electrons. The Bertz CT molecular complexity index is 687. The Morgan fingerprint density at radius 1 is 1.24 bits per heavy atom. The Balaban J connectivity index is 2.30. The van der Waals surface area contributed by atoms with E-state index in [9.17, 15) is 8.42 Å². The molecule has 6 heteroatoms. The van der Waals surface area contributed by atoms with Crippen LogP contribution in [0.25, 0.3) is 0 Å². The minimum Gasteiger partial charge on any atom is -0.399 e. The van der Waals surface area contributed by atoms with E-state index in [2.05, 4.69) is 4.98 Å². The molecular weight excluding hydrogens is 286 g/mol. The Labute approximate surface area is 125 Å². The summed E-state index contributed by atoms with van der Waals surface area (Å²) in [7, 11) is -3.54. The van der Waals surface area contributed by atoms with Gasteiger partial charge in [-0.3, -0.25) is 4.98 Å². The smallest absolute Gasteiger partial charge is 0.244 e. The molecule has 2 aromatic rings. The van der Waals surface area contributed by atoms with Crippen LogP contribution in [-0.2, 0) is 16.6 Å². The van der Waals surface area contributed by atoms with Crippen LogP contribution >= 0.6 is 0 Å². The molecule has 0 fully saturated rings. The van der Waals surface area contributed by atoms with Gasteiger partial charge in [0.1, 0.15) is 4.90 Å².